The maximum absolute atomic E-state index is 5.41. The van der Waals surface area contributed by atoms with E-state index in [1.165, 1.54) is 37.8 Å². The van der Waals surface area contributed by atoms with Gasteiger partial charge in [-0.3, -0.25) is 0 Å². The second kappa shape index (κ2) is 6.43. The average molecular weight is 315 g/mol. The van der Waals surface area contributed by atoms with Crippen LogP contribution in [0.4, 0.5) is 0 Å². The molecule has 1 saturated heterocycles. The Morgan fingerprint density at radius 2 is 2.00 bits per heavy atom. The van der Waals surface area contributed by atoms with Crippen molar-refractivity contribution in [3.8, 4) is 11.5 Å². The Kier molecular flexibility index (Phi) is 4.89. The Labute approximate surface area is 117 Å². The third-order valence-electron chi connectivity index (χ3n) is 3.55. The van der Waals surface area contributed by atoms with Gasteiger partial charge in [0.2, 0.25) is 0 Å². The minimum absolute atomic E-state index is 0.545. The van der Waals surface area contributed by atoms with Gasteiger partial charge >= 0.3 is 0 Å². The quantitative estimate of drug-likeness (QED) is 0.931. The molecule has 100 valence electrons. The standard InChI is InChI=1S/C14H20BrNO2/c1-17-13-9-10(8-11(15)14(13)18-2)12-6-4-3-5-7-16-12/h8-9,12,16H,3-7H2,1-2H3/p+1/t12-/m0/s1. The molecule has 1 aliphatic heterocycles. The van der Waals surface area contributed by atoms with Crippen LogP contribution in [0.2, 0.25) is 0 Å². The maximum atomic E-state index is 5.41. The van der Waals surface area contributed by atoms with Gasteiger partial charge < -0.3 is 14.8 Å². The van der Waals surface area contributed by atoms with E-state index in [1.54, 1.807) is 14.2 Å². The Morgan fingerprint density at radius 3 is 2.72 bits per heavy atom. The average Bonchev–Trinajstić information content (AvgIpc) is 2.66. The zero-order valence-corrected chi connectivity index (χ0v) is 12.6. The first-order valence-electron chi connectivity index (χ1n) is 6.51. The van der Waals surface area contributed by atoms with E-state index < -0.39 is 0 Å². The molecule has 2 rings (SSSR count). The summed E-state index contributed by atoms with van der Waals surface area (Å²) in [6.45, 7) is 1.22. The molecule has 1 atom stereocenters. The van der Waals surface area contributed by atoms with Gasteiger partial charge in [0.15, 0.2) is 11.5 Å². The van der Waals surface area contributed by atoms with Gasteiger partial charge in [0, 0.05) is 12.0 Å². The molecule has 3 nitrogen and oxygen atoms in total. The summed E-state index contributed by atoms with van der Waals surface area (Å²) in [5, 5.41) is 2.45. The minimum atomic E-state index is 0.545. The molecule has 18 heavy (non-hydrogen) atoms. The highest BCUT2D eigenvalue weighted by atomic mass is 79.9. The van der Waals surface area contributed by atoms with Crippen molar-refractivity contribution < 1.29 is 14.8 Å². The first-order valence-corrected chi connectivity index (χ1v) is 7.30. The SMILES string of the molecule is COc1cc([C@@H]2CCCCC[NH2+]2)cc(Br)c1OC. The van der Waals surface area contributed by atoms with E-state index in [4.69, 9.17) is 9.47 Å². The van der Waals surface area contributed by atoms with Crippen LogP contribution in [0.15, 0.2) is 16.6 Å². The van der Waals surface area contributed by atoms with Crippen molar-refractivity contribution in [3.63, 3.8) is 0 Å². The summed E-state index contributed by atoms with van der Waals surface area (Å²) < 4.78 is 11.7. The lowest BCUT2D eigenvalue weighted by Crippen LogP contribution is -2.84. The lowest BCUT2D eigenvalue weighted by Gasteiger charge is -2.16. The molecule has 0 spiro atoms. The molecule has 4 heteroatoms. The monoisotopic (exact) mass is 314 g/mol. The molecule has 1 aromatic carbocycles. The van der Waals surface area contributed by atoms with Crippen LogP contribution in [0.25, 0.3) is 0 Å². The van der Waals surface area contributed by atoms with Crippen LogP contribution < -0.4 is 14.8 Å². The molecule has 0 saturated carbocycles. The number of methoxy groups -OCH3 is 2. The highest BCUT2D eigenvalue weighted by Gasteiger charge is 2.20. The first kappa shape index (κ1) is 13.7. The van der Waals surface area contributed by atoms with Crippen molar-refractivity contribution in [1.29, 1.82) is 0 Å². The fourth-order valence-electron chi connectivity index (χ4n) is 2.58. The number of hydrogen-bond acceptors (Lipinski definition) is 2. The highest BCUT2D eigenvalue weighted by molar-refractivity contribution is 9.10. The van der Waals surface area contributed by atoms with E-state index in [9.17, 15) is 0 Å². The third kappa shape index (κ3) is 2.98. The van der Waals surface area contributed by atoms with Gasteiger partial charge in [-0.25, -0.2) is 0 Å². The summed E-state index contributed by atoms with van der Waals surface area (Å²) in [6, 6.07) is 4.81. The fourth-order valence-corrected chi connectivity index (χ4v) is 3.20. The number of halogens is 1. The highest BCUT2D eigenvalue weighted by Crippen LogP contribution is 2.38. The molecule has 1 fully saturated rings. The van der Waals surface area contributed by atoms with Crippen molar-refractivity contribution >= 4 is 15.9 Å². The Hall–Kier alpha value is -0.740. The van der Waals surface area contributed by atoms with Crippen molar-refractivity contribution in [2.45, 2.75) is 31.7 Å². The second-order valence-corrected chi connectivity index (χ2v) is 5.57. The van der Waals surface area contributed by atoms with Gasteiger partial charge in [0.25, 0.3) is 0 Å². The second-order valence-electron chi connectivity index (χ2n) is 4.72. The number of rotatable bonds is 3. The van der Waals surface area contributed by atoms with Crippen LogP contribution in [-0.4, -0.2) is 20.8 Å². The van der Waals surface area contributed by atoms with Crippen LogP contribution in [0.5, 0.6) is 11.5 Å². The smallest absolute Gasteiger partial charge is 0.174 e. The van der Waals surface area contributed by atoms with Gasteiger partial charge in [-0.15, -0.1) is 0 Å². The van der Waals surface area contributed by atoms with Crippen LogP contribution in [0.1, 0.15) is 37.3 Å². The molecular weight excluding hydrogens is 294 g/mol. The first-order chi connectivity index (χ1) is 8.76. The molecule has 0 radical (unpaired) electrons. The summed E-state index contributed by atoms with van der Waals surface area (Å²) in [7, 11) is 3.35. The number of nitrogens with two attached hydrogens (primary N) is 1. The van der Waals surface area contributed by atoms with Crippen LogP contribution in [0.3, 0.4) is 0 Å². The molecule has 0 aliphatic carbocycles. The van der Waals surface area contributed by atoms with Crippen molar-refractivity contribution in [1.82, 2.24) is 0 Å². The summed E-state index contributed by atoms with van der Waals surface area (Å²) in [5.74, 6) is 1.58. The lowest BCUT2D eigenvalue weighted by atomic mass is 10.0. The van der Waals surface area contributed by atoms with E-state index >= 15 is 0 Å². The molecule has 1 heterocycles. The van der Waals surface area contributed by atoms with E-state index in [0.29, 0.717) is 6.04 Å². The maximum Gasteiger partial charge on any atom is 0.174 e. The van der Waals surface area contributed by atoms with Gasteiger partial charge in [-0.2, -0.15) is 0 Å². The molecule has 0 bridgehead atoms. The van der Waals surface area contributed by atoms with Crippen molar-refractivity contribution in [2.75, 3.05) is 20.8 Å². The predicted octanol–water partition coefficient (Wildman–Crippen LogP) is 2.64. The third-order valence-corrected chi connectivity index (χ3v) is 4.14. The zero-order valence-electron chi connectivity index (χ0n) is 11.0. The van der Waals surface area contributed by atoms with E-state index in [1.807, 2.05) is 0 Å². The zero-order chi connectivity index (χ0) is 13.0. The van der Waals surface area contributed by atoms with Crippen molar-refractivity contribution in [2.24, 2.45) is 0 Å². The molecule has 2 N–H and O–H groups in total. The molecular formula is C14H21BrNO2+. The molecule has 0 aromatic heterocycles. The van der Waals surface area contributed by atoms with Gasteiger partial charge in [0.1, 0.15) is 6.04 Å². The van der Waals surface area contributed by atoms with Crippen LogP contribution in [-0.2, 0) is 0 Å². The predicted molar refractivity (Wildman–Crippen MR) is 75.2 cm³/mol. The lowest BCUT2D eigenvalue weighted by molar-refractivity contribution is -0.694. The van der Waals surface area contributed by atoms with E-state index in [-0.39, 0.29) is 0 Å². The summed E-state index contributed by atoms with van der Waals surface area (Å²) in [4.78, 5) is 0. The Bertz CT molecular complexity index is 401. The van der Waals surface area contributed by atoms with Gasteiger partial charge in [0.05, 0.1) is 25.2 Å². The Morgan fingerprint density at radius 1 is 1.17 bits per heavy atom. The number of quaternary nitrogens is 1. The van der Waals surface area contributed by atoms with E-state index in [0.717, 1.165) is 16.0 Å². The summed E-state index contributed by atoms with van der Waals surface area (Å²) in [6.07, 6.45) is 5.22. The van der Waals surface area contributed by atoms with Crippen molar-refractivity contribution in [3.05, 3.63) is 22.2 Å². The normalized spacial score (nSPS) is 20.3. The van der Waals surface area contributed by atoms with Crippen LogP contribution >= 0.6 is 15.9 Å². The van der Waals surface area contributed by atoms with Gasteiger partial charge in [-0.05, 0) is 47.3 Å². The number of hydrogen-bond donors (Lipinski definition) is 1. The van der Waals surface area contributed by atoms with E-state index in [2.05, 4.69) is 33.4 Å². The topological polar surface area (TPSA) is 35.1 Å². The molecule has 1 aliphatic rings. The largest absolute Gasteiger partial charge is 0.493 e. The minimum Gasteiger partial charge on any atom is -0.493 e. The van der Waals surface area contributed by atoms with Gasteiger partial charge in [-0.1, -0.05) is 0 Å². The molecule has 0 unspecified atom stereocenters. The molecule has 1 aromatic rings. The van der Waals surface area contributed by atoms with Crippen LogP contribution in [0, 0.1) is 0 Å². The fraction of sp³-hybridized carbons (Fsp3) is 0.571. The summed E-state index contributed by atoms with van der Waals surface area (Å²) >= 11 is 3.57. The number of ether oxygens (including phenoxy) is 2. The summed E-state index contributed by atoms with van der Waals surface area (Å²) in [5.41, 5.74) is 1.32. The molecule has 0 amide bonds. The number of benzene rings is 1. The Balaban J connectivity index is 2.29.